The van der Waals surface area contributed by atoms with Crippen molar-refractivity contribution in [2.75, 3.05) is 0 Å². The third kappa shape index (κ3) is 14.5. The molecule has 20 heavy (non-hydrogen) atoms. The van der Waals surface area contributed by atoms with Crippen LogP contribution in [0.25, 0.3) is 0 Å². The van der Waals surface area contributed by atoms with Crippen LogP contribution in [0.15, 0.2) is 24.3 Å². The summed E-state index contributed by atoms with van der Waals surface area (Å²) < 4.78 is 0. The average molecular weight is 282 g/mol. The van der Waals surface area contributed by atoms with Crippen LogP contribution in [0.2, 0.25) is 0 Å². The van der Waals surface area contributed by atoms with Crippen LogP contribution in [-0.2, 0) is 9.59 Å². The molecule has 0 aromatic rings. The molecule has 114 valence electrons. The number of allylic oxidation sites excluding steroid dienone is 4. The van der Waals surface area contributed by atoms with Crippen LogP contribution in [0.1, 0.15) is 58.3 Å². The van der Waals surface area contributed by atoms with Gasteiger partial charge in [-0.25, -0.2) is 0 Å². The largest absolute Gasteiger partial charge is 0.481 e. The van der Waals surface area contributed by atoms with Crippen LogP contribution in [0.4, 0.5) is 0 Å². The highest BCUT2D eigenvalue weighted by Gasteiger charge is 1.99. The van der Waals surface area contributed by atoms with Gasteiger partial charge in [-0.1, -0.05) is 31.2 Å². The highest BCUT2D eigenvalue weighted by molar-refractivity contribution is 5.67. The predicted molar refractivity (Wildman–Crippen MR) is 79.7 cm³/mol. The minimum Gasteiger partial charge on any atom is -0.481 e. The molecule has 0 bridgehead atoms. The average Bonchev–Trinajstić information content (AvgIpc) is 2.37. The van der Waals surface area contributed by atoms with E-state index in [1.165, 1.54) is 0 Å². The zero-order valence-corrected chi connectivity index (χ0v) is 12.3. The van der Waals surface area contributed by atoms with Crippen molar-refractivity contribution in [3.63, 3.8) is 0 Å². The second-order valence-electron chi connectivity index (χ2n) is 5.07. The van der Waals surface area contributed by atoms with Crippen molar-refractivity contribution in [1.82, 2.24) is 0 Å². The number of rotatable bonds is 12. The lowest BCUT2D eigenvalue weighted by molar-refractivity contribution is -0.137. The topological polar surface area (TPSA) is 74.6 Å². The van der Waals surface area contributed by atoms with Crippen LogP contribution in [-0.4, -0.2) is 22.2 Å². The van der Waals surface area contributed by atoms with E-state index in [-0.39, 0.29) is 12.8 Å². The molecule has 0 spiro atoms. The maximum Gasteiger partial charge on any atom is 0.303 e. The Bertz CT molecular complexity index is 299. The maximum atomic E-state index is 10.3. The fourth-order valence-corrected chi connectivity index (χ4v) is 1.79. The molecule has 2 N–H and O–H groups in total. The Morgan fingerprint density at radius 2 is 1.15 bits per heavy atom. The first-order valence-corrected chi connectivity index (χ1v) is 7.26. The van der Waals surface area contributed by atoms with Crippen molar-refractivity contribution in [3.8, 4) is 0 Å². The summed E-state index contributed by atoms with van der Waals surface area (Å²) >= 11 is 0. The Morgan fingerprint density at radius 1 is 0.800 bits per heavy atom. The second-order valence-corrected chi connectivity index (χ2v) is 5.07. The van der Waals surface area contributed by atoms with Gasteiger partial charge in [-0.05, 0) is 44.4 Å². The molecule has 0 radical (unpaired) electrons. The van der Waals surface area contributed by atoms with Crippen molar-refractivity contribution in [2.24, 2.45) is 5.92 Å². The molecule has 0 aliphatic carbocycles. The standard InChI is InChI=1S/C16H26O4/c1-14(10-6-2-4-8-12-15(17)18)11-7-3-5-9-13-16(19)20/h2-5,14H,6-13H2,1H3,(H,17,18)(H,19,20). The lowest BCUT2D eigenvalue weighted by Crippen LogP contribution is -1.94. The lowest BCUT2D eigenvalue weighted by atomic mass is 9.99. The van der Waals surface area contributed by atoms with Crippen molar-refractivity contribution < 1.29 is 19.8 Å². The highest BCUT2D eigenvalue weighted by Crippen LogP contribution is 2.13. The lowest BCUT2D eigenvalue weighted by Gasteiger charge is -2.07. The van der Waals surface area contributed by atoms with Gasteiger partial charge < -0.3 is 10.2 Å². The van der Waals surface area contributed by atoms with E-state index in [1.54, 1.807) is 0 Å². The normalized spacial score (nSPS) is 13.1. The SMILES string of the molecule is CC(CCC=CCCC(=O)O)CCC=CCCC(=O)O. The molecule has 4 heteroatoms. The summed E-state index contributed by atoms with van der Waals surface area (Å²) in [7, 11) is 0. The van der Waals surface area contributed by atoms with Gasteiger partial charge in [0.2, 0.25) is 0 Å². The van der Waals surface area contributed by atoms with Crippen molar-refractivity contribution >= 4 is 11.9 Å². The molecule has 0 amide bonds. The molecular weight excluding hydrogens is 256 g/mol. The van der Waals surface area contributed by atoms with Crippen molar-refractivity contribution in [1.29, 1.82) is 0 Å². The fourth-order valence-electron chi connectivity index (χ4n) is 1.79. The summed E-state index contributed by atoms with van der Waals surface area (Å²) in [4.78, 5) is 20.6. The van der Waals surface area contributed by atoms with E-state index in [0.717, 1.165) is 25.7 Å². The van der Waals surface area contributed by atoms with Gasteiger partial charge in [0.05, 0.1) is 0 Å². The Hall–Kier alpha value is -1.58. The number of aliphatic carboxylic acids is 2. The van der Waals surface area contributed by atoms with E-state index in [9.17, 15) is 9.59 Å². The minimum absolute atomic E-state index is 0.202. The molecule has 0 fully saturated rings. The monoisotopic (exact) mass is 282 g/mol. The molecular formula is C16H26O4. The van der Waals surface area contributed by atoms with Crippen LogP contribution in [0.3, 0.4) is 0 Å². The first kappa shape index (κ1) is 18.4. The summed E-state index contributed by atoms with van der Waals surface area (Å²) in [6, 6.07) is 0. The molecule has 0 aliphatic heterocycles. The molecule has 0 rings (SSSR count). The third-order valence-corrected chi connectivity index (χ3v) is 3.04. The van der Waals surface area contributed by atoms with Crippen LogP contribution < -0.4 is 0 Å². The van der Waals surface area contributed by atoms with E-state index in [2.05, 4.69) is 19.1 Å². The number of carboxylic acid groups (broad SMARTS) is 2. The van der Waals surface area contributed by atoms with Gasteiger partial charge in [0, 0.05) is 12.8 Å². The van der Waals surface area contributed by atoms with E-state index in [1.807, 2.05) is 12.2 Å². The minimum atomic E-state index is -0.752. The van der Waals surface area contributed by atoms with Gasteiger partial charge in [-0.3, -0.25) is 9.59 Å². The molecule has 0 unspecified atom stereocenters. The first-order valence-electron chi connectivity index (χ1n) is 7.26. The van der Waals surface area contributed by atoms with Gasteiger partial charge in [0.25, 0.3) is 0 Å². The Labute approximate surface area is 121 Å². The fraction of sp³-hybridized carbons (Fsp3) is 0.625. The van der Waals surface area contributed by atoms with Crippen LogP contribution in [0.5, 0.6) is 0 Å². The Morgan fingerprint density at radius 3 is 1.50 bits per heavy atom. The summed E-state index contributed by atoms with van der Waals surface area (Å²) in [5.41, 5.74) is 0. The molecule has 0 aromatic carbocycles. The number of carboxylic acids is 2. The number of hydrogen-bond donors (Lipinski definition) is 2. The van der Waals surface area contributed by atoms with Gasteiger partial charge in [0.1, 0.15) is 0 Å². The van der Waals surface area contributed by atoms with Gasteiger partial charge in [-0.2, -0.15) is 0 Å². The Balaban J connectivity index is 3.47. The molecule has 0 saturated heterocycles. The quantitative estimate of drug-likeness (QED) is 0.530. The van der Waals surface area contributed by atoms with Crippen LogP contribution >= 0.6 is 0 Å². The zero-order chi connectivity index (χ0) is 15.2. The Kier molecular flexibility index (Phi) is 11.5. The molecule has 0 atom stereocenters. The zero-order valence-electron chi connectivity index (χ0n) is 12.3. The maximum absolute atomic E-state index is 10.3. The molecule has 0 heterocycles. The van der Waals surface area contributed by atoms with Gasteiger partial charge in [-0.15, -0.1) is 0 Å². The highest BCUT2D eigenvalue weighted by atomic mass is 16.4. The third-order valence-electron chi connectivity index (χ3n) is 3.04. The molecule has 4 nitrogen and oxygen atoms in total. The summed E-state index contributed by atoms with van der Waals surface area (Å²) in [6.07, 6.45) is 13.8. The first-order chi connectivity index (χ1) is 9.52. The molecule has 0 aliphatic rings. The number of carbonyl (C=O) groups is 2. The van der Waals surface area contributed by atoms with Crippen LogP contribution in [0, 0.1) is 5.92 Å². The smallest absolute Gasteiger partial charge is 0.303 e. The van der Waals surface area contributed by atoms with Crippen molar-refractivity contribution in [3.05, 3.63) is 24.3 Å². The molecule has 0 saturated carbocycles. The van der Waals surface area contributed by atoms with E-state index in [4.69, 9.17) is 10.2 Å². The van der Waals surface area contributed by atoms with E-state index in [0.29, 0.717) is 18.8 Å². The second kappa shape index (κ2) is 12.5. The van der Waals surface area contributed by atoms with E-state index >= 15 is 0 Å². The summed E-state index contributed by atoms with van der Waals surface area (Å²) in [6.45, 7) is 2.20. The number of hydrogen-bond acceptors (Lipinski definition) is 2. The molecule has 0 aromatic heterocycles. The van der Waals surface area contributed by atoms with Gasteiger partial charge >= 0.3 is 11.9 Å². The summed E-state index contributed by atoms with van der Waals surface area (Å²) in [5, 5.41) is 16.9. The van der Waals surface area contributed by atoms with Gasteiger partial charge in [0.15, 0.2) is 0 Å². The predicted octanol–water partition coefficient (Wildman–Crippen LogP) is 4.02. The van der Waals surface area contributed by atoms with Crippen molar-refractivity contribution in [2.45, 2.75) is 58.3 Å². The summed E-state index contributed by atoms with van der Waals surface area (Å²) in [5.74, 6) is -0.876. The van der Waals surface area contributed by atoms with E-state index < -0.39 is 11.9 Å².